The van der Waals surface area contributed by atoms with Crippen LogP contribution in [-0.2, 0) is 7.05 Å². The van der Waals surface area contributed by atoms with Gasteiger partial charge in [0.15, 0.2) is 11.2 Å². The molecule has 0 fully saturated rings. The molecule has 8 nitrogen and oxygen atoms in total. The van der Waals surface area contributed by atoms with Gasteiger partial charge in [-0.15, -0.1) is 0 Å². The topological polar surface area (TPSA) is 97.3 Å². The number of fused-ring (bicyclic) bond motifs is 3. The van der Waals surface area contributed by atoms with Gasteiger partial charge in [0.05, 0.1) is 0 Å². The normalized spacial score (nSPS) is 11.7. The summed E-state index contributed by atoms with van der Waals surface area (Å²) < 4.78 is 4.99. The van der Waals surface area contributed by atoms with Crippen molar-refractivity contribution in [2.45, 2.75) is 20.8 Å². The molecule has 8 heteroatoms. The van der Waals surface area contributed by atoms with Crippen LogP contribution in [0.15, 0.2) is 27.8 Å². The van der Waals surface area contributed by atoms with Gasteiger partial charge >= 0.3 is 5.69 Å². The lowest BCUT2D eigenvalue weighted by atomic mass is 10.2. The van der Waals surface area contributed by atoms with Gasteiger partial charge < -0.3 is 5.11 Å². The molecule has 0 bridgehead atoms. The molecule has 0 spiro atoms. The highest BCUT2D eigenvalue weighted by molar-refractivity contribution is 5.77. The van der Waals surface area contributed by atoms with Gasteiger partial charge in [-0.05, 0) is 44.5 Å². The Morgan fingerprint density at radius 2 is 1.84 bits per heavy atom. The van der Waals surface area contributed by atoms with Gasteiger partial charge in [-0.1, -0.05) is 0 Å². The summed E-state index contributed by atoms with van der Waals surface area (Å²) in [5.41, 5.74) is 3.04. The van der Waals surface area contributed by atoms with Crippen LogP contribution in [0.3, 0.4) is 0 Å². The van der Waals surface area contributed by atoms with Crippen molar-refractivity contribution in [1.82, 2.24) is 23.5 Å². The minimum absolute atomic E-state index is 0.216. The number of H-pyrrole nitrogens is 1. The third-order valence-electron chi connectivity index (χ3n) is 4.73. The molecule has 3 aromatic heterocycles. The Kier molecular flexibility index (Phi) is 2.96. The van der Waals surface area contributed by atoms with E-state index in [0.717, 1.165) is 22.6 Å². The number of hydrogen-bond donors (Lipinski definition) is 2. The molecule has 0 amide bonds. The van der Waals surface area contributed by atoms with Crippen molar-refractivity contribution in [1.29, 1.82) is 0 Å². The number of phenols is 1. The van der Waals surface area contributed by atoms with Crippen molar-refractivity contribution in [3.05, 3.63) is 56.0 Å². The van der Waals surface area contributed by atoms with Crippen molar-refractivity contribution in [3.8, 4) is 11.4 Å². The zero-order chi connectivity index (χ0) is 18.0. The van der Waals surface area contributed by atoms with Gasteiger partial charge in [0.25, 0.3) is 5.56 Å². The number of aromatic amines is 1. The highest BCUT2D eigenvalue weighted by Crippen LogP contribution is 2.26. The number of phenolic OH excluding ortho intramolecular Hbond substituents is 1. The lowest BCUT2D eigenvalue weighted by Crippen LogP contribution is -2.28. The Hall–Kier alpha value is -3.29. The molecule has 4 aromatic rings. The number of benzene rings is 1. The van der Waals surface area contributed by atoms with E-state index in [-0.39, 0.29) is 5.75 Å². The second kappa shape index (κ2) is 4.85. The molecule has 0 atom stereocenters. The zero-order valence-corrected chi connectivity index (χ0v) is 14.3. The lowest BCUT2D eigenvalue weighted by Gasteiger charge is -2.08. The first-order valence-corrected chi connectivity index (χ1v) is 7.80. The van der Waals surface area contributed by atoms with Crippen LogP contribution in [0.4, 0.5) is 0 Å². The van der Waals surface area contributed by atoms with Crippen LogP contribution in [0, 0.1) is 20.8 Å². The second-order valence-corrected chi connectivity index (χ2v) is 6.21. The van der Waals surface area contributed by atoms with E-state index in [9.17, 15) is 14.7 Å². The third-order valence-corrected chi connectivity index (χ3v) is 4.73. The predicted molar refractivity (Wildman–Crippen MR) is 93.8 cm³/mol. The Labute approximate surface area is 141 Å². The Bertz CT molecular complexity index is 1290. The molecule has 25 heavy (non-hydrogen) atoms. The molecule has 0 radical (unpaired) electrons. The number of rotatable bonds is 1. The molecule has 0 aliphatic carbocycles. The summed E-state index contributed by atoms with van der Waals surface area (Å²) in [7, 11) is 1.57. The maximum Gasteiger partial charge on any atom is 0.329 e. The van der Waals surface area contributed by atoms with Crippen molar-refractivity contribution >= 4 is 16.9 Å². The molecule has 0 aliphatic rings. The first-order chi connectivity index (χ1) is 11.8. The average molecular weight is 339 g/mol. The van der Waals surface area contributed by atoms with Crippen LogP contribution in [0.5, 0.6) is 5.75 Å². The number of aromatic hydroxyl groups is 1. The van der Waals surface area contributed by atoms with Crippen LogP contribution in [-0.4, -0.2) is 28.6 Å². The number of aryl methyl sites for hydroxylation is 3. The quantitative estimate of drug-likeness (QED) is 0.546. The first kappa shape index (κ1) is 15.3. The van der Waals surface area contributed by atoms with Crippen LogP contribution in [0.2, 0.25) is 0 Å². The van der Waals surface area contributed by atoms with Gasteiger partial charge in [0, 0.05) is 24.1 Å². The molecular formula is C17H17N5O3. The highest BCUT2D eigenvalue weighted by atomic mass is 16.3. The third kappa shape index (κ3) is 1.90. The Morgan fingerprint density at radius 3 is 2.52 bits per heavy atom. The summed E-state index contributed by atoms with van der Waals surface area (Å²) in [6, 6.07) is 5.27. The molecule has 0 unspecified atom stereocenters. The molecule has 1 aromatic carbocycles. The van der Waals surface area contributed by atoms with Crippen molar-refractivity contribution in [2.24, 2.45) is 7.05 Å². The molecule has 128 valence electrons. The summed E-state index contributed by atoms with van der Waals surface area (Å²) in [6.45, 7) is 5.66. The fourth-order valence-electron chi connectivity index (χ4n) is 3.20. The van der Waals surface area contributed by atoms with E-state index in [2.05, 4.69) is 9.97 Å². The molecule has 4 rings (SSSR count). The van der Waals surface area contributed by atoms with Crippen LogP contribution in [0.1, 0.15) is 17.0 Å². The average Bonchev–Trinajstić information content (AvgIpc) is 3.05. The molecule has 0 saturated carbocycles. The molecular weight excluding hydrogens is 322 g/mol. The Balaban J connectivity index is 2.22. The number of aromatic nitrogens is 5. The first-order valence-electron chi connectivity index (χ1n) is 7.80. The van der Waals surface area contributed by atoms with Gasteiger partial charge in [-0.2, -0.15) is 4.98 Å². The molecule has 0 saturated heterocycles. The molecule has 2 N–H and O–H groups in total. The van der Waals surface area contributed by atoms with Gasteiger partial charge in [-0.25, -0.2) is 4.79 Å². The van der Waals surface area contributed by atoms with Crippen molar-refractivity contribution in [2.75, 3.05) is 0 Å². The predicted octanol–water partition coefficient (Wildman–Crippen LogP) is 1.30. The van der Waals surface area contributed by atoms with Crippen LogP contribution >= 0.6 is 0 Å². The summed E-state index contributed by atoms with van der Waals surface area (Å²) in [5.74, 6) is 0.760. The smallest absolute Gasteiger partial charge is 0.329 e. The maximum absolute atomic E-state index is 12.4. The number of nitrogens with zero attached hydrogens (tertiary/aromatic N) is 4. The van der Waals surface area contributed by atoms with E-state index in [1.807, 2.05) is 31.4 Å². The number of nitrogens with one attached hydrogen (secondary N) is 1. The summed E-state index contributed by atoms with van der Waals surface area (Å²) in [6.07, 6.45) is 0. The number of hydrogen-bond acceptors (Lipinski definition) is 4. The van der Waals surface area contributed by atoms with E-state index >= 15 is 0 Å². The summed E-state index contributed by atoms with van der Waals surface area (Å²) in [4.78, 5) is 31.1. The van der Waals surface area contributed by atoms with Crippen molar-refractivity contribution < 1.29 is 5.11 Å². The van der Waals surface area contributed by atoms with Crippen LogP contribution in [0.25, 0.3) is 22.6 Å². The molecule has 3 heterocycles. The fraction of sp³-hybridized carbons (Fsp3) is 0.235. The van der Waals surface area contributed by atoms with E-state index in [4.69, 9.17) is 0 Å². The van der Waals surface area contributed by atoms with Gasteiger partial charge in [0.1, 0.15) is 5.75 Å². The minimum Gasteiger partial charge on any atom is -0.508 e. The minimum atomic E-state index is -0.500. The van der Waals surface area contributed by atoms with Crippen molar-refractivity contribution in [3.63, 3.8) is 0 Å². The van der Waals surface area contributed by atoms with E-state index in [1.165, 1.54) is 4.57 Å². The fourth-order valence-corrected chi connectivity index (χ4v) is 3.20. The van der Waals surface area contributed by atoms with Gasteiger partial charge in [0.2, 0.25) is 5.78 Å². The standard InChI is InChI=1S/C17H17N5O3/c1-8-7-11(5-6-12(8)23)21-9(2)10(3)22-13-14(18-16(21)22)20(4)17(25)19-15(13)24/h5-7,23H,1-4H3,(H,19,24,25). The monoisotopic (exact) mass is 339 g/mol. The zero-order valence-electron chi connectivity index (χ0n) is 14.3. The van der Waals surface area contributed by atoms with Crippen LogP contribution < -0.4 is 11.2 Å². The highest BCUT2D eigenvalue weighted by Gasteiger charge is 2.21. The van der Waals surface area contributed by atoms with E-state index in [1.54, 1.807) is 23.6 Å². The Morgan fingerprint density at radius 1 is 1.12 bits per heavy atom. The van der Waals surface area contributed by atoms with E-state index < -0.39 is 11.2 Å². The molecule has 0 aliphatic heterocycles. The second-order valence-electron chi connectivity index (χ2n) is 6.21. The van der Waals surface area contributed by atoms with Gasteiger partial charge in [-0.3, -0.25) is 23.3 Å². The maximum atomic E-state index is 12.4. The largest absolute Gasteiger partial charge is 0.508 e. The lowest BCUT2D eigenvalue weighted by molar-refractivity contribution is 0.471. The SMILES string of the molecule is Cc1cc(-n2c(C)c(C)n3c4c(=O)[nH]c(=O)n(C)c4nc23)ccc1O. The number of imidazole rings is 2. The summed E-state index contributed by atoms with van der Waals surface area (Å²) in [5, 5.41) is 9.78. The van der Waals surface area contributed by atoms with E-state index in [0.29, 0.717) is 16.9 Å². The summed E-state index contributed by atoms with van der Waals surface area (Å²) >= 11 is 0.